The summed E-state index contributed by atoms with van der Waals surface area (Å²) in [7, 11) is 0. The number of benzene rings is 1. The minimum Gasteiger partial charge on any atom is -0.325 e. The van der Waals surface area contributed by atoms with Crippen LogP contribution >= 0.6 is 11.5 Å². The van der Waals surface area contributed by atoms with Crippen LogP contribution in [0.15, 0.2) is 47.5 Å². The van der Waals surface area contributed by atoms with E-state index in [1.807, 2.05) is 44.2 Å². The third-order valence-corrected chi connectivity index (χ3v) is 5.64. The third-order valence-electron chi connectivity index (χ3n) is 4.82. The fourth-order valence-electron chi connectivity index (χ4n) is 3.07. The fraction of sp³-hybridized carbons (Fsp3) is 0.190. The predicted molar refractivity (Wildman–Crippen MR) is 114 cm³/mol. The van der Waals surface area contributed by atoms with Crippen molar-refractivity contribution in [2.75, 3.05) is 5.32 Å². The monoisotopic (exact) mass is 405 g/mol. The second-order valence-corrected chi connectivity index (χ2v) is 7.62. The van der Waals surface area contributed by atoms with Crippen LogP contribution in [0.4, 0.5) is 5.69 Å². The quantitative estimate of drug-likeness (QED) is 0.561. The van der Waals surface area contributed by atoms with Crippen molar-refractivity contribution in [3.63, 3.8) is 0 Å². The van der Waals surface area contributed by atoms with Crippen LogP contribution < -0.4 is 10.9 Å². The molecule has 1 N–H and O–H groups in total. The summed E-state index contributed by atoms with van der Waals surface area (Å²) in [6.45, 7) is 5.61. The molecule has 29 heavy (non-hydrogen) atoms. The topological polar surface area (TPSA) is 89.8 Å². The Hall–Kier alpha value is -3.39. The number of aryl methyl sites for hydroxylation is 3. The molecule has 0 aliphatic heterocycles. The average molecular weight is 405 g/mol. The molecule has 0 unspecified atom stereocenters. The van der Waals surface area contributed by atoms with Gasteiger partial charge in [-0.15, -0.1) is 0 Å². The van der Waals surface area contributed by atoms with Gasteiger partial charge < -0.3 is 5.32 Å². The number of nitrogens with one attached hydrogen (secondary N) is 1. The average Bonchev–Trinajstić information content (AvgIpc) is 3.12. The van der Waals surface area contributed by atoms with Crippen LogP contribution in [0.25, 0.3) is 21.5 Å². The van der Waals surface area contributed by atoms with Gasteiger partial charge in [0, 0.05) is 23.6 Å². The number of nitrogens with zero attached hydrogens (tertiary/aromatic N) is 4. The van der Waals surface area contributed by atoms with Gasteiger partial charge in [0.1, 0.15) is 28.3 Å². The van der Waals surface area contributed by atoms with Crippen molar-refractivity contribution in [3.05, 3.63) is 70.0 Å². The van der Waals surface area contributed by atoms with Gasteiger partial charge in [-0.2, -0.15) is 4.37 Å². The number of fused-ring (bicyclic) bond motifs is 1. The Balaban J connectivity index is 1.65. The van der Waals surface area contributed by atoms with E-state index in [4.69, 9.17) is 0 Å². The van der Waals surface area contributed by atoms with Crippen LogP contribution in [0.1, 0.15) is 17.0 Å². The van der Waals surface area contributed by atoms with Gasteiger partial charge in [0.2, 0.25) is 5.91 Å². The summed E-state index contributed by atoms with van der Waals surface area (Å²) in [5.41, 5.74) is 4.74. The van der Waals surface area contributed by atoms with Crippen molar-refractivity contribution < 1.29 is 4.79 Å². The first-order chi connectivity index (χ1) is 13.9. The number of hydrogen-bond acceptors (Lipinski definition) is 6. The van der Waals surface area contributed by atoms with Crippen molar-refractivity contribution >= 4 is 33.3 Å². The number of hydrogen-bond donors (Lipinski definition) is 1. The molecule has 0 atom stereocenters. The minimum absolute atomic E-state index is 0.108. The number of aromatic nitrogens is 4. The zero-order valence-corrected chi connectivity index (χ0v) is 17.1. The van der Waals surface area contributed by atoms with E-state index < -0.39 is 0 Å². The lowest BCUT2D eigenvalue weighted by Crippen LogP contribution is -2.29. The molecule has 0 bridgehead atoms. The molecular weight excluding hydrogens is 386 g/mol. The second-order valence-electron chi connectivity index (χ2n) is 6.84. The summed E-state index contributed by atoms with van der Waals surface area (Å²) in [6, 6.07) is 9.37. The number of pyridine rings is 1. The number of carbonyl (C=O) groups excluding carboxylic acids is 1. The molecule has 4 rings (SSSR count). The van der Waals surface area contributed by atoms with Gasteiger partial charge in [-0.05, 0) is 67.7 Å². The summed E-state index contributed by atoms with van der Waals surface area (Å²) in [5, 5.41) is 2.85. The zero-order chi connectivity index (χ0) is 20.5. The highest BCUT2D eigenvalue weighted by Crippen LogP contribution is 2.27. The highest BCUT2D eigenvalue weighted by atomic mass is 32.1. The predicted octanol–water partition coefficient (Wildman–Crippen LogP) is 3.48. The molecule has 0 fully saturated rings. The second kappa shape index (κ2) is 7.56. The van der Waals surface area contributed by atoms with Gasteiger partial charge in [0.15, 0.2) is 0 Å². The van der Waals surface area contributed by atoms with Crippen molar-refractivity contribution in [1.29, 1.82) is 0 Å². The lowest BCUT2D eigenvalue weighted by molar-refractivity contribution is -0.116. The molecule has 1 amide bonds. The summed E-state index contributed by atoms with van der Waals surface area (Å²) in [6.07, 6.45) is 3.34. The molecule has 1 aromatic carbocycles. The van der Waals surface area contributed by atoms with Crippen LogP contribution in [-0.4, -0.2) is 24.8 Å². The van der Waals surface area contributed by atoms with E-state index in [0.29, 0.717) is 27.4 Å². The van der Waals surface area contributed by atoms with Gasteiger partial charge >= 0.3 is 0 Å². The lowest BCUT2D eigenvalue weighted by atomic mass is 10.1. The van der Waals surface area contributed by atoms with Crippen LogP contribution in [0, 0.1) is 20.8 Å². The van der Waals surface area contributed by atoms with E-state index in [9.17, 15) is 9.59 Å². The Morgan fingerprint density at radius 1 is 1.10 bits per heavy atom. The Morgan fingerprint density at radius 2 is 1.86 bits per heavy atom. The molecule has 4 aromatic rings. The lowest BCUT2D eigenvalue weighted by Gasteiger charge is -2.11. The number of amides is 1. The van der Waals surface area contributed by atoms with Crippen molar-refractivity contribution in [3.8, 4) is 11.3 Å². The van der Waals surface area contributed by atoms with E-state index in [1.165, 1.54) is 4.57 Å². The number of rotatable bonds is 4. The molecule has 8 heteroatoms. The van der Waals surface area contributed by atoms with Crippen molar-refractivity contribution in [1.82, 2.24) is 18.9 Å². The van der Waals surface area contributed by atoms with Crippen LogP contribution in [0.3, 0.4) is 0 Å². The van der Waals surface area contributed by atoms with E-state index in [0.717, 1.165) is 28.2 Å². The standard InChI is InChI=1S/C21H19N5O2S/c1-12-4-5-16(10-13(12)2)24-17(27)11-26-14(3)23-19-18(15-6-8-22-9-7-15)25-29-20(19)21(26)28/h4-10H,11H2,1-3H3,(H,24,27). The van der Waals surface area contributed by atoms with E-state index in [2.05, 4.69) is 19.7 Å². The smallest absolute Gasteiger partial charge is 0.273 e. The molecule has 0 saturated heterocycles. The Kier molecular flexibility index (Phi) is 4.94. The SMILES string of the molecule is Cc1ccc(NC(=O)Cn2c(C)nc3c(-c4ccncc4)nsc3c2=O)cc1C. The third kappa shape index (κ3) is 3.66. The largest absolute Gasteiger partial charge is 0.325 e. The van der Waals surface area contributed by atoms with Gasteiger partial charge in [-0.1, -0.05) is 6.07 Å². The molecule has 3 aromatic heterocycles. The maximum Gasteiger partial charge on any atom is 0.273 e. The van der Waals surface area contributed by atoms with Gasteiger partial charge in [0.25, 0.3) is 5.56 Å². The first-order valence-corrected chi connectivity index (χ1v) is 9.85. The Bertz CT molecular complexity index is 1280. The molecule has 0 aliphatic rings. The highest BCUT2D eigenvalue weighted by molar-refractivity contribution is 7.13. The molecule has 146 valence electrons. The normalized spacial score (nSPS) is 11.0. The first kappa shape index (κ1) is 18.9. The van der Waals surface area contributed by atoms with Crippen molar-refractivity contribution in [2.45, 2.75) is 27.3 Å². The van der Waals surface area contributed by atoms with Gasteiger partial charge in [-0.25, -0.2) is 4.98 Å². The van der Waals surface area contributed by atoms with Gasteiger partial charge in [0.05, 0.1) is 0 Å². The maximum atomic E-state index is 13.0. The molecule has 0 saturated carbocycles. The zero-order valence-electron chi connectivity index (χ0n) is 16.3. The summed E-state index contributed by atoms with van der Waals surface area (Å²) in [5.74, 6) is 0.187. The molecule has 3 heterocycles. The summed E-state index contributed by atoms with van der Waals surface area (Å²) >= 11 is 1.09. The number of anilines is 1. The Labute approximate surface area is 171 Å². The first-order valence-electron chi connectivity index (χ1n) is 9.08. The molecular formula is C21H19N5O2S. The van der Waals surface area contributed by atoms with E-state index >= 15 is 0 Å². The van der Waals surface area contributed by atoms with E-state index in [-0.39, 0.29) is 18.0 Å². The fourth-order valence-corrected chi connectivity index (χ4v) is 3.86. The summed E-state index contributed by atoms with van der Waals surface area (Å²) in [4.78, 5) is 34.1. The minimum atomic E-state index is -0.279. The number of carbonyl (C=O) groups is 1. The molecule has 7 nitrogen and oxygen atoms in total. The Morgan fingerprint density at radius 3 is 2.59 bits per heavy atom. The highest BCUT2D eigenvalue weighted by Gasteiger charge is 2.18. The maximum absolute atomic E-state index is 13.0. The molecule has 0 spiro atoms. The van der Waals surface area contributed by atoms with Crippen LogP contribution in [0.5, 0.6) is 0 Å². The van der Waals surface area contributed by atoms with E-state index in [1.54, 1.807) is 19.3 Å². The van der Waals surface area contributed by atoms with Crippen molar-refractivity contribution in [2.24, 2.45) is 0 Å². The molecule has 0 aliphatic carbocycles. The van der Waals surface area contributed by atoms with Crippen LogP contribution in [-0.2, 0) is 11.3 Å². The van der Waals surface area contributed by atoms with Gasteiger partial charge in [-0.3, -0.25) is 19.1 Å². The van der Waals surface area contributed by atoms with Crippen LogP contribution in [0.2, 0.25) is 0 Å². The molecule has 0 radical (unpaired) electrons. The summed E-state index contributed by atoms with van der Waals surface area (Å²) < 4.78 is 6.22.